The fourth-order valence-corrected chi connectivity index (χ4v) is 1.70. The lowest BCUT2D eigenvalue weighted by atomic mass is 10.2. The Balaban J connectivity index is 2.10. The summed E-state index contributed by atoms with van der Waals surface area (Å²) in [5, 5.41) is 11.6. The number of carboxylic acid groups (broad SMARTS) is 1. The molecule has 2 rings (SSSR count). The fourth-order valence-electron chi connectivity index (χ4n) is 1.70. The number of aromatic carboxylic acids is 1. The van der Waals surface area contributed by atoms with Crippen LogP contribution in [0.15, 0.2) is 42.5 Å². The summed E-state index contributed by atoms with van der Waals surface area (Å²) in [7, 11) is 0. The second kappa shape index (κ2) is 5.82. The Morgan fingerprint density at radius 2 is 1.90 bits per heavy atom. The number of hydrogen-bond acceptors (Lipinski definition) is 3. The standard InChI is InChI=1S/C14H11F3N2O2/c15-14(16,17)9-3-1-4-10(7-9)18-8-11-5-2-6-12(19-11)13(20)21/h1-7,18H,8H2,(H,20,21). The molecule has 21 heavy (non-hydrogen) atoms. The summed E-state index contributed by atoms with van der Waals surface area (Å²) >= 11 is 0. The molecule has 0 aliphatic carbocycles. The van der Waals surface area contributed by atoms with E-state index in [1.807, 2.05) is 0 Å². The van der Waals surface area contributed by atoms with Crippen molar-refractivity contribution < 1.29 is 23.1 Å². The molecule has 0 radical (unpaired) electrons. The van der Waals surface area contributed by atoms with E-state index in [9.17, 15) is 18.0 Å². The van der Waals surface area contributed by atoms with Crippen LogP contribution in [0.2, 0.25) is 0 Å². The molecule has 0 saturated heterocycles. The number of nitrogens with zero attached hydrogens (tertiary/aromatic N) is 1. The minimum atomic E-state index is -4.40. The minimum Gasteiger partial charge on any atom is -0.477 e. The summed E-state index contributed by atoms with van der Waals surface area (Å²) in [6.45, 7) is 0.127. The largest absolute Gasteiger partial charge is 0.477 e. The number of anilines is 1. The molecule has 110 valence electrons. The minimum absolute atomic E-state index is 0.113. The Hall–Kier alpha value is -2.57. The first-order valence-electron chi connectivity index (χ1n) is 5.96. The molecule has 0 bridgehead atoms. The van der Waals surface area contributed by atoms with Crippen molar-refractivity contribution >= 4 is 11.7 Å². The monoisotopic (exact) mass is 296 g/mol. The molecular formula is C14H11F3N2O2. The van der Waals surface area contributed by atoms with Gasteiger partial charge >= 0.3 is 12.1 Å². The van der Waals surface area contributed by atoms with E-state index in [2.05, 4.69) is 10.3 Å². The molecule has 0 aliphatic rings. The summed E-state index contributed by atoms with van der Waals surface area (Å²) in [5.41, 5.74) is -0.155. The van der Waals surface area contributed by atoms with Crippen molar-refractivity contribution in [3.63, 3.8) is 0 Å². The summed E-state index contributed by atoms with van der Waals surface area (Å²) < 4.78 is 37.7. The lowest BCUT2D eigenvalue weighted by molar-refractivity contribution is -0.137. The van der Waals surface area contributed by atoms with Gasteiger partial charge < -0.3 is 10.4 Å². The molecule has 1 aromatic carbocycles. The maximum Gasteiger partial charge on any atom is 0.416 e. The summed E-state index contributed by atoms with van der Waals surface area (Å²) in [6.07, 6.45) is -4.40. The molecule has 1 aromatic heterocycles. The van der Waals surface area contributed by atoms with E-state index in [0.29, 0.717) is 5.69 Å². The lowest BCUT2D eigenvalue weighted by Gasteiger charge is -2.10. The highest BCUT2D eigenvalue weighted by Crippen LogP contribution is 2.30. The zero-order valence-corrected chi connectivity index (χ0v) is 10.7. The predicted molar refractivity (Wildman–Crippen MR) is 70.0 cm³/mol. The second-order valence-electron chi connectivity index (χ2n) is 4.25. The number of pyridine rings is 1. The highest BCUT2D eigenvalue weighted by molar-refractivity contribution is 5.85. The molecule has 0 aliphatic heterocycles. The fraction of sp³-hybridized carbons (Fsp3) is 0.143. The van der Waals surface area contributed by atoms with Crippen LogP contribution in [0.25, 0.3) is 0 Å². The van der Waals surface area contributed by atoms with Crippen molar-refractivity contribution in [2.75, 3.05) is 5.32 Å². The van der Waals surface area contributed by atoms with E-state index in [4.69, 9.17) is 5.11 Å². The third kappa shape index (κ3) is 3.95. The highest BCUT2D eigenvalue weighted by Gasteiger charge is 2.30. The summed E-state index contributed by atoms with van der Waals surface area (Å²) in [4.78, 5) is 14.6. The van der Waals surface area contributed by atoms with E-state index in [-0.39, 0.29) is 17.9 Å². The molecule has 7 heteroatoms. The number of alkyl halides is 3. The van der Waals surface area contributed by atoms with Crippen LogP contribution >= 0.6 is 0 Å². The second-order valence-corrected chi connectivity index (χ2v) is 4.25. The van der Waals surface area contributed by atoms with Crippen molar-refractivity contribution in [2.45, 2.75) is 12.7 Å². The average Bonchev–Trinajstić information content (AvgIpc) is 2.45. The Kier molecular flexibility index (Phi) is 4.11. The van der Waals surface area contributed by atoms with Gasteiger partial charge in [0.15, 0.2) is 0 Å². The van der Waals surface area contributed by atoms with Gasteiger partial charge in [0.2, 0.25) is 0 Å². The molecule has 0 spiro atoms. The first-order chi connectivity index (χ1) is 9.86. The number of halogens is 3. The lowest BCUT2D eigenvalue weighted by Crippen LogP contribution is -2.08. The van der Waals surface area contributed by atoms with Crippen LogP contribution in [0.5, 0.6) is 0 Å². The third-order valence-electron chi connectivity index (χ3n) is 2.69. The van der Waals surface area contributed by atoms with Crippen molar-refractivity contribution in [1.29, 1.82) is 0 Å². The number of benzene rings is 1. The van der Waals surface area contributed by atoms with Gasteiger partial charge in [0, 0.05) is 5.69 Å². The van der Waals surface area contributed by atoms with Gasteiger partial charge in [-0.15, -0.1) is 0 Å². The molecule has 0 unspecified atom stereocenters. The van der Waals surface area contributed by atoms with Crippen LogP contribution in [0, 0.1) is 0 Å². The quantitative estimate of drug-likeness (QED) is 0.907. The summed E-state index contributed by atoms with van der Waals surface area (Å²) in [6, 6.07) is 9.22. The molecule has 0 saturated carbocycles. The highest BCUT2D eigenvalue weighted by atomic mass is 19.4. The van der Waals surface area contributed by atoms with Crippen LogP contribution in [-0.4, -0.2) is 16.1 Å². The van der Waals surface area contributed by atoms with Crippen LogP contribution in [-0.2, 0) is 12.7 Å². The van der Waals surface area contributed by atoms with Gasteiger partial charge in [-0.25, -0.2) is 9.78 Å². The zero-order valence-electron chi connectivity index (χ0n) is 10.7. The Labute approximate surface area is 118 Å². The van der Waals surface area contributed by atoms with Crippen LogP contribution in [0.3, 0.4) is 0 Å². The van der Waals surface area contributed by atoms with Crippen molar-refractivity contribution in [3.8, 4) is 0 Å². The van der Waals surface area contributed by atoms with E-state index in [1.165, 1.54) is 24.3 Å². The van der Waals surface area contributed by atoms with Crippen molar-refractivity contribution in [1.82, 2.24) is 4.98 Å². The van der Waals surface area contributed by atoms with Gasteiger partial charge in [-0.05, 0) is 30.3 Å². The third-order valence-corrected chi connectivity index (χ3v) is 2.69. The average molecular weight is 296 g/mol. The summed E-state index contributed by atoms with van der Waals surface area (Å²) in [5.74, 6) is -1.16. The Morgan fingerprint density at radius 3 is 2.57 bits per heavy atom. The van der Waals surface area contributed by atoms with Crippen molar-refractivity contribution in [3.05, 3.63) is 59.4 Å². The van der Waals surface area contributed by atoms with Crippen LogP contribution in [0.1, 0.15) is 21.7 Å². The molecule has 1 heterocycles. The number of carboxylic acids is 1. The Bertz CT molecular complexity index is 657. The molecule has 2 aromatic rings. The van der Waals surface area contributed by atoms with E-state index >= 15 is 0 Å². The zero-order chi connectivity index (χ0) is 15.5. The number of carbonyl (C=O) groups is 1. The Morgan fingerprint density at radius 1 is 1.19 bits per heavy atom. The van der Waals surface area contributed by atoms with E-state index in [0.717, 1.165) is 12.1 Å². The molecular weight excluding hydrogens is 285 g/mol. The van der Waals surface area contributed by atoms with Gasteiger partial charge in [0.25, 0.3) is 0 Å². The predicted octanol–water partition coefficient (Wildman–Crippen LogP) is 3.41. The molecule has 4 nitrogen and oxygen atoms in total. The van der Waals surface area contributed by atoms with Gasteiger partial charge in [-0.2, -0.15) is 13.2 Å². The van der Waals surface area contributed by atoms with Crippen molar-refractivity contribution in [2.24, 2.45) is 0 Å². The number of rotatable bonds is 4. The number of aromatic nitrogens is 1. The maximum absolute atomic E-state index is 12.6. The van der Waals surface area contributed by atoms with Gasteiger partial charge in [0.05, 0.1) is 17.8 Å². The molecule has 0 atom stereocenters. The first-order valence-corrected chi connectivity index (χ1v) is 5.96. The van der Waals surface area contributed by atoms with Gasteiger partial charge in [-0.1, -0.05) is 12.1 Å². The normalized spacial score (nSPS) is 11.2. The molecule has 2 N–H and O–H groups in total. The maximum atomic E-state index is 12.6. The van der Waals surface area contributed by atoms with E-state index in [1.54, 1.807) is 6.07 Å². The topological polar surface area (TPSA) is 62.2 Å². The van der Waals surface area contributed by atoms with Crippen LogP contribution in [0.4, 0.5) is 18.9 Å². The van der Waals surface area contributed by atoms with Gasteiger partial charge in [0.1, 0.15) is 5.69 Å². The molecule has 0 amide bonds. The number of hydrogen-bond donors (Lipinski definition) is 2. The van der Waals surface area contributed by atoms with Crippen LogP contribution < -0.4 is 5.32 Å². The van der Waals surface area contributed by atoms with E-state index < -0.39 is 17.7 Å². The smallest absolute Gasteiger partial charge is 0.416 e. The SMILES string of the molecule is O=C(O)c1cccc(CNc2cccc(C(F)(F)F)c2)n1. The first kappa shape index (κ1) is 14.8. The number of nitrogens with one attached hydrogen (secondary N) is 1. The van der Waals surface area contributed by atoms with Gasteiger partial charge in [-0.3, -0.25) is 0 Å². The molecule has 0 fully saturated rings.